The van der Waals surface area contributed by atoms with Crippen LogP contribution in [0.15, 0.2) is 59.7 Å². The third-order valence-corrected chi connectivity index (χ3v) is 3.46. The second kappa shape index (κ2) is 7.02. The van der Waals surface area contributed by atoms with Gasteiger partial charge in [-0.25, -0.2) is 5.10 Å². The Bertz CT molecular complexity index is 850. The highest BCUT2D eigenvalue weighted by molar-refractivity contribution is 7.71. The molecule has 0 atom stereocenters. The molecule has 0 saturated heterocycles. The molecule has 3 rings (SSSR count). The van der Waals surface area contributed by atoms with Crippen molar-refractivity contribution < 1.29 is 4.74 Å². The van der Waals surface area contributed by atoms with Crippen molar-refractivity contribution in [1.29, 1.82) is 0 Å². The number of aromatic nitrogens is 3. The lowest BCUT2D eigenvalue weighted by Gasteiger charge is -2.03. The molecule has 0 unspecified atom stereocenters. The van der Waals surface area contributed by atoms with Crippen LogP contribution in [-0.2, 0) is 0 Å². The summed E-state index contributed by atoms with van der Waals surface area (Å²) < 4.78 is 7.49. The summed E-state index contributed by atoms with van der Waals surface area (Å²) in [7, 11) is 0. The van der Waals surface area contributed by atoms with E-state index in [1.807, 2.05) is 61.5 Å². The lowest BCUT2D eigenvalue weighted by molar-refractivity contribution is 0.340. The molecule has 0 radical (unpaired) electrons. The fraction of sp³-hybridized carbons (Fsp3) is 0.118. The number of ether oxygens (including phenoxy) is 1. The van der Waals surface area contributed by atoms with Crippen LogP contribution >= 0.6 is 12.2 Å². The highest BCUT2D eigenvalue weighted by Crippen LogP contribution is 2.16. The molecule has 6 heteroatoms. The summed E-state index contributed by atoms with van der Waals surface area (Å²) in [6, 6.07) is 17.5. The van der Waals surface area contributed by atoms with Crippen molar-refractivity contribution in [1.82, 2.24) is 14.9 Å². The second-order valence-corrected chi connectivity index (χ2v) is 5.16. The monoisotopic (exact) mass is 324 g/mol. The molecule has 0 fully saturated rings. The van der Waals surface area contributed by atoms with Gasteiger partial charge in [-0.05, 0) is 49.0 Å². The van der Waals surface area contributed by atoms with Crippen molar-refractivity contribution in [2.75, 3.05) is 6.61 Å². The molecular formula is C17H16N4OS. The Morgan fingerprint density at radius 2 is 1.91 bits per heavy atom. The van der Waals surface area contributed by atoms with Gasteiger partial charge in [-0.15, -0.1) is 0 Å². The maximum atomic E-state index is 5.43. The van der Waals surface area contributed by atoms with Crippen LogP contribution in [0.5, 0.6) is 5.75 Å². The highest BCUT2D eigenvalue weighted by atomic mass is 32.1. The molecule has 1 heterocycles. The number of nitrogens with one attached hydrogen (secondary N) is 1. The second-order valence-electron chi connectivity index (χ2n) is 4.78. The summed E-state index contributed by atoms with van der Waals surface area (Å²) in [5, 5.41) is 11.5. The minimum atomic E-state index is 0.450. The Hall–Kier alpha value is -2.73. The van der Waals surface area contributed by atoms with Gasteiger partial charge in [-0.1, -0.05) is 30.3 Å². The molecule has 0 aliphatic carbocycles. The molecule has 1 aromatic heterocycles. The first-order valence-electron chi connectivity index (χ1n) is 7.28. The van der Waals surface area contributed by atoms with Gasteiger partial charge in [-0.2, -0.15) is 14.9 Å². The number of hydrogen-bond donors (Lipinski definition) is 1. The standard InChI is InChI=1S/C17H16N4OS/c1-2-22-15-10-8-13(9-11-15)12-18-21-16(19-20-17(21)23)14-6-4-3-5-7-14/h3-12H,2H2,1H3,(H,20,23)/b18-12+. The fourth-order valence-corrected chi connectivity index (χ4v) is 2.29. The molecular weight excluding hydrogens is 308 g/mol. The van der Waals surface area contributed by atoms with E-state index in [1.54, 1.807) is 10.9 Å². The van der Waals surface area contributed by atoms with Gasteiger partial charge < -0.3 is 4.74 Å². The highest BCUT2D eigenvalue weighted by Gasteiger charge is 2.06. The van der Waals surface area contributed by atoms with E-state index < -0.39 is 0 Å². The summed E-state index contributed by atoms with van der Waals surface area (Å²) in [6.45, 7) is 2.61. The molecule has 3 aromatic rings. The van der Waals surface area contributed by atoms with Gasteiger partial charge in [0.15, 0.2) is 5.82 Å². The van der Waals surface area contributed by atoms with E-state index in [4.69, 9.17) is 17.0 Å². The largest absolute Gasteiger partial charge is 0.494 e. The lowest BCUT2D eigenvalue weighted by Crippen LogP contribution is -1.95. The van der Waals surface area contributed by atoms with Crippen LogP contribution in [0.2, 0.25) is 0 Å². The summed E-state index contributed by atoms with van der Waals surface area (Å²) >= 11 is 5.25. The first kappa shape index (κ1) is 15.2. The Labute approximate surface area is 139 Å². The van der Waals surface area contributed by atoms with E-state index in [0.717, 1.165) is 16.9 Å². The third-order valence-electron chi connectivity index (χ3n) is 3.20. The molecule has 0 amide bonds. The normalized spacial score (nSPS) is 11.0. The zero-order valence-electron chi connectivity index (χ0n) is 12.6. The molecule has 116 valence electrons. The van der Waals surface area contributed by atoms with Gasteiger partial charge in [0, 0.05) is 5.56 Å². The summed E-state index contributed by atoms with van der Waals surface area (Å²) in [5.74, 6) is 1.52. The van der Waals surface area contributed by atoms with E-state index in [0.29, 0.717) is 17.2 Å². The molecule has 5 nitrogen and oxygen atoms in total. The Kier molecular flexibility index (Phi) is 4.63. The third kappa shape index (κ3) is 3.54. The number of benzene rings is 2. The van der Waals surface area contributed by atoms with Gasteiger partial charge in [0.2, 0.25) is 4.77 Å². The first-order valence-corrected chi connectivity index (χ1v) is 7.69. The lowest BCUT2D eigenvalue weighted by atomic mass is 10.2. The number of hydrogen-bond acceptors (Lipinski definition) is 4. The van der Waals surface area contributed by atoms with Crippen molar-refractivity contribution >= 4 is 18.4 Å². The zero-order valence-corrected chi connectivity index (χ0v) is 13.5. The summed E-state index contributed by atoms with van der Waals surface area (Å²) in [5.41, 5.74) is 1.90. The number of rotatable bonds is 5. The van der Waals surface area contributed by atoms with Gasteiger partial charge in [0.05, 0.1) is 12.8 Å². The Morgan fingerprint density at radius 3 is 2.61 bits per heavy atom. The molecule has 0 bridgehead atoms. The number of aromatic amines is 1. The van der Waals surface area contributed by atoms with Crippen LogP contribution in [0, 0.1) is 4.77 Å². The average molecular weight is 324 g/mol. The quantitative estimate of drug-likeness (QED) is 0.572. The Balaban J connectivity index is 1.88. The minimum absolute atomic E-state index is 0.450. The van der Waals surface area contributed by atoms with Crippen LogP contribution in [0.4, 0.5) is 0 Å². The Morgan fingerprint density at radius 1 is 1.17 bits per heavy atom. The maximum absolute atomic E-state index is 5.43. The van der Waals surface area contributed by atoms with Crippen LogP contribution in [0.25, 0.3) is 11.4 Å². The first-order chi connectivity index (χ1) is 11.3. The van der Waals surface area contributed by atoms with Crippen molar-refractivity contribution in [2.45, 2.75) is 6.92 Å². The number of H-pyrrole nitrogens is 1. The van der Waals surface area contributed by atoms with Gasteiger partial charge >= 0.3 is 0 Å². The summed E-state index contributed by atoms with van der Waals surface area (Å²) in [4.78, 5) is 0. The molecule has 0 spiro atoms. The minimum Gasteiger partial charge on any atom is -0.494 e. The van der Waals surface area contributed by atoms with Gasteiger partial charge in [0.1, 0.15) is 5.75 Å². The molecule has 2 aromatic carbocycles. The smallest absolute Gasteiger partial charge is 0.216 e. The zero-order chi connectivity index (χ0) is 16.1. The van der Waals surface area contributed by atoms with E-state index in [2.05, 4.69) is 15.3 Å². The van der Waals surface area contributed by atoms with Crippen molar-refractivity contribution in [3.05, 3.63) is 64.9 Å². The topological polar surface area (TPSA) is 55.2 Å². The van der Waals surface area contributed by atoms with Crippen molar-refractivity contribution in [3.63, 3.8) is 0 Å². The predicted octanol–water partition coefficient (Wildman–Crippen LogP) is 3.89. The maximum Gasteiger partial charge on any atom is 0.216 e. The molecule has 23 heavy (non-hydrogen) atoms. The van der Waals surface area contributed by atoms with Crippen molar-refractivity contribution in [2.24, 2.45) is 5.10 Å². The SMILES string of the molecule is CCOc1ccc(/C=N/n2c(-c3ccccc3)n[nH]c2=S)cc1. The van der Waals surface area contributed by atoms with Gasteiger partial charge in [-0.3, -0.25) is 0 Å². The van der Waals surface area contributed by atoms with E-state index in [-0.39, 0.29) is 0 Å². The summed E-state index contributed by atoms with van der Waals surface area (Å²) in [6.07, 6.45) is 1.74. The number of nitrogens with zero attached hydrogens (tertiary/aromatic N) is 3. The van der Waals surface area contributed by atoms with Gasteiger partial charge in [0.25, 0.3) is 0 Å². The van der Waals surface area contributed by atoms with E-state index >= 15 is 0 Å². The fourth-order valence-electron chi connectivity index (χ4n) is 2.11. The van der Waals surface area contributed by atoms with E-state index in [1.165, 1.54) is 0 Å². The van der Waals surface area contributed by atoms with Crippen LogP contribution in [-0.4, -0.2) is 27.7 Å². The average Bonchev–Trinajstić information content (AvgIpc) is 2.96. The van der Waals surface area contributed by atoms with E-state index in [9.17, 15) is 0 Å². The molecule has 1 N–H and O–H groups in total. The van der Waals surface area contributed by atoms with Crippen molar-refractivity contribution in [3.8, 4) is 17.1 Å². The molecule has 0 aliphatic heterocycles. The van der Waals surface area contributed by atoms with Crippen LogP contribution in [0.3, 0.4) is 0 Å². The molecule has 0 aliphatic rings. The molecule has 0 saturated carbocycles. The predicted molar refractivity (Wildman–Crippen MR) is 93.5 cm³/mol. The van der Waals surface area contributed by atoms with Crippen LogP contribution in [0.1, 0.15) is 12.5 Å². The van der Waals surface area contributed by atoms with Crippen LogP contribution < -0.4 is 4.74 Å².